The van der Waals surface area contributed by atoms with Gasteiger partial charge in [-0.05, 0) is 96.5 Å². The second-order valence-corrected chi connectivity index (χ2v) is 31.7. The summed E-state index contributed by atoms with van der Waals surface area (Å²) in [7, 11) is 0. The number of piperazine rings is 1. The number of para-hydroxylation sites is 4. The van der Waals surface area contributed by atoms with Crippen LogP contribution in [0, 0.1) is 0 Å². The van der Waals surface area contributed by atoms with Crippen molar-refractivity contribution < 1.29 is 38.0 Å². The first-order valence-corrected chi connectivity index (χ1v) is 42.6. The molecule has 0 N–H and O–H groups in total. The number of rotatable bonds is 14. The predicted octanol–water partition coefficient (Wildman–Crippen LogP) is 13.0. The van der Waals surface area contributed by atoms with Gasteiger partial charge in [-0.25, -0.2) is 0 Å². The number of fused-ring (bicyclic) bond motifs is 8. The molecule has 3 aliphatic rings. The van der Waals surface area contributed by atoms with Gasteiger partial charge >= 0.3 is 11.9 Å². The molecule has 0 atom stereocenters. The molecule has 15 rings (SSSR count). The Morgan fingerprint density at radius 1 is 0.310 bits per heavy atom. The molecule has 116 heavy (non-hydrogen) atoms. The van der Waals surface area contributed by atoms with Crippen molar-refractivity contribution >= 4 is 83.8 Å². The van der Waals surface area contributed by atoms with Crippen molar-refractivity contribution in [3.8, 4) is 23.0 Å². The highest BCUT2D eigenvalue weighted by molar-refractivity contribution is 7.99. The Balaban J connectivity index is 0.640. The number of benzene rings is 8. The molecule has 0 spiro atoms. The van der Waals surface area contributed by atoms with Crippen LogP contribution < -0.4 is 18.9 Å². The van der Waals surface area contributed by atoms with E-state index in [9.17, 15) is 9.59 Å². The van der Waals surface area contributed by atoms with E-state index in [1.54, 1.807) is 90.6 Å². The molecule has 0 amide bonds. The van der Waals surface area contributed by atoms with E-state index < -0.39 is 24.1 Å². The summed E-state index contributed by atoms with van der Waals surface area (Å²) in [6.45, 7) is 1.48. The number of esters is 2. The zero-order valence-electron chi connectivity index (χ0n) is 63.8. The molecule has 1 saturated heterocycles. The standard InChI is InChI=1S/C86H86N18O8S4/c105-81(111-71-59-107-73-37-17-13-33-67(73)53-87-101-77(49-63-25-5-1-6-26-63)91-95-83(101)113-45-21-22-46-114-84-96-92-78(50-64-27-7-2-8-28-64)102(84)88-54-68-34-14-18-38-74(68)108-60-71)57-99-41-43-100(44-42-99)58-82(106)112-72-61-109-75-39-19-15-35-69(75)55-89-103-79(51-65-29-9-3-10-30-65)93-97-85(103)115-47-23-24-48-116-86-98-94-80(52-66-31-11-4-12-32-66)104(86)90-56-70-36-16-20-40-76(70)110-62-72/h1-20,25-40,53-56,71-72H,21-24,41-52,57-62H2/b87-53-,88-54-,89-55-,90-56-. The second kappa shape index (κ2) is 41.2. The van der Waals surface area contributed by atoms with Crippen molar-refractivity contribution in [2.24, 2.45) is 20.4 Å². The lowest BCUT2D eigenvalue weighted by molar-refractivity contribution is -0.156. The molecule has 4 aromatic heterocycles. The lowest BCUT2D eigenvalue weighted by atomic mass is 10.1. The van der Waals surface area contributed by atoms with Gasteiger partial charge in [-0.2, -0.15) is 39.1 Å². The van der Waals surface area contributed by atoms with Crippen LogP contribution in [0.25, 0.3) is 0 Å². The molecule has 592 valence electrons. The fraction of sp³-hybridized carbons (Fsp3) is 0.279. The van der Waals surface area contributed by atoms with Gasteiger partial charge in [-0.3, -0.25) is 19.4 Å². The van der Waals surface area contributed by atoms with Crippen LogP contribution in [0.15, 0.2) is 259 Å². The average molecular weight is 1630 g/mol. The van der Waals surface area contributed by atoms with Crippen LogP contribution in [0.5, 0.6) is 23.0 Å². The fourth-order valence-corrected chi connectivity index (χ4v) is 16.5. The molecule has 0 unspecified atom stereocenters. The average Bonchev–Trinajstić information content (AvgIpc) is 1.69. The minimum Gasteiger partial charge on any atom is -0.489 e. The minimum absolute atomic E-state index is 0.0338. The van der Waals surface area contributed by atoms with Crippen LogP contribution in [-0.2, 0) is 44.7 Å². The van der Waals surface area contributed by atoms with E-state index in [0.717, 1.165) is 70.9 Å². The highest BCUT2D eigenvalue weighted by Crippen LogP contribution is 2.30. The second-order valence-electron chi connectivity index (χ2n) is 27.4. The third kappa shape index (κ3) is 22.5. The third-order valence-corrected chi connectivity index (χ3v) is 22.9. The van der Waals surface area contributed by atoms with E-state index in [1.807, 2.05) is 180 Å². The van der Waals surface area contributed by atoms with Gasteiger partial charge in [-0.1, -0.05) is 217 Å². The Morgan fingerprint density at radius 2 is 0.543 bits per heavy atom. The Kier molecular flexibility index (Phi) is 28.3. The van der Waals surface area contributed by atoms with Gasteiger partial charge in [0, 0.05) is 97.1 Å². The van der Waals surface area contributed by atoms with Crippen LogP contribution >= 0.6 is 47.0 Å². The van der Waals surface area contributed by atoms with Gasteiger partial charge < -0.3 is 28.4 Å². The van der Waals surface area contributed by atoms with Crippen LogP contribution in [0.2, 0.25) is 0 Å². The van der Waals surface area contributed by atoms with E-state index in [2.05, 4.69) is 89.3 Å². The van der Waals surface area contributed by atoms with Gasteiger partial charge in [0.2, 0.25) is 20.6 Å². The van der Waals surface area contributed by atoms with E-state index >= 15 is 0 Å². The van der Waals surface area contributed by atoms with Crippen LogP contribution in [0.4, 0.5) is 0 Å². The molecule has 1 fully saturated rings. The maximum Gasteiger partial charge on any atom is 0.320 e. The SMILES string of the molecule is O=C(CN1CCN(CC(=O)OC2COc3ccccc3/C=N\n3c(Cc4ccccc4)nnc3SCCCCSc3nnc(Cc4ccccc4)n3/N=C\c3ccccc3OC2)CC1)OC1COc2ccccc2/C=N\n2c(Cc3ccccc3)nnc2SCCCCSc2nnc(Cc3ccccc3)n2/N=C\c2ccccc2OC1. The number of hydrogen-bond donors (Lipinski definition) is 0. The largest absolute Gasteiger partial charge is 0.489 e. The Hall–Kier alpha value is -11.5. The molecule has 8 aromatic carbocycles. The molecule has 0 radical (unpaired) electrons. The topological polar surface area (TPSA) is 268 Å². The van der Waals surface area contributed by atoms with Crippen molar-refractivity contribution in [2.45, 2.75) is 84.2 Å². The zero-order valence-corrected chi connectivity index (χ0v) is 67.0. The van der Waals surface area contributed by atoms with E-state index in [1.165, 1.54) is 0 Å². The van der Waals surface area contributed by atoms with E-state index in [4.69, 9.17) is 48.8 Å². The van der Waals surface area contributed by atoms with Crippen LogP contribution in [-0.4, -0.2) is 207 Å². The summed E-state index contributed by atoms with van der Waals surface area (Å²) in [6.07, 6.45) is 10.9. The number of nitrogens with zero attached hydrogens (tertiary/aromatic N) is 18. The highest BCUT2D eigenvalue weighted by Gasteiger charge is 2.28. The number of thioether (sulfide) groups is 4. The quantitative estimate of drug-likeness (QED) is 0.0915. The first kappa shape index (κ1) is 79.7. The maximum atomic E-state index is 14.4. The summed E-state index contributed by atoms with van der Waals surface area (Å²) in [6, 6.07) is 70.8. The zero-order chi connectivity index (χ0) is 78.7. The third-order valence-electron chi connectivity index (χ3n) is 18.9. The van der Waals surface area contributed by atoms with Gasteiger partial charge in [-0.15, -0.1) is 40.8 Å². The van der Waals surface area contributed by atoms with Crippen molar-refractivity contribution in [3.05, 3.63) is 286 Å². The number of ether oxygens (including phenoxy) is 6. The lowest BCUT2D eigenvalue weighted by Gasteiger charge is -2.34. The molecule has 26 nitrogen and oxygen atoms in total. The molecular weight excluding hydrogens is 1540 g/mol. The molecule has 7 heterocycles. The van der Waals surface area contributed by atoms with E-state index in [-0.39, 0.29) is 39.5 Å². The normalized spacial score (nSPS) is 16.6. The number of carbonyl (C=O) groups excluding carboxylic acids is 2. The van der Waals surface area contributed by atoms with Crippen molar-refractivity contribution in [3.63, 3.8) is 0 Å². The lowest BCUT2D eigenvalue weighted by Crippen LogP contribution is -2.50. The van der Waals surface area contributed by atoms with E-state index in [0.29, 0.717) is 141 Å². The minimum atomic E-state index is -0.898. The van der Waals surface area contributed by atoms with Gasteiger partial charge in [0.1, 0.15) is 49.4 Å². The Bertz CT molecular complexity index is 4690. The maximum absolute atomic E-state index is 14.4. The van der Waals surface area contributed by atoms with Gasteiger partial charge in [0.15, 0.2) is 35.5 Å². The monoisotopic (exact) mass is 1630 g/mol. The summed E-state index contributed by atoms with van der Waals surface area (Å²) >= 11 is 6.41. The smallest absolute Gasteiger partial charge is 0.320 e. The molecule has 0 saturated carbocycles. The molecule has 0 aliphatic carbocycles. The van der Waals surface area contributed by atoms with Crippen LogP contribution in [0.3, 0.4) is 0 Å². The van der Waals surface area contributed by atoms with Crippen molar-refractivity contribution in [1.29, 1.82) is 0 Å². The highest BCUT2D eigenvalue weighted by atomic mass is 32.2. The molecule has 12 aromatic rings. The first-order chi connectivity index (χ1) is 57.3. The van der Waals surface area contributed by atoms with Crippen molar-refractivity contribution in [2.75, 3.05) is 88.7 Å². The first-order valence-electron chi connectivity index (χ1n) is 38.6. The number of hydrogen-bond acceptors (Lipinski definition) is 26. The summed E-state index contributed by atoms with van der Waals surface area (Å²) in [5, 5.41) is 59.8. The Labute approximate surface area is 689 Å². The van der Waals surface area contributed by atoms with Gasteiger partial charge in [0.25, 0.3) is 0 Å². The van der Waals surface area contributed by atoms with Gasteiger partial charge in [0.05, 0.1) is 37.9 Å². The summed E-state index contributed by atoms with van der Waals surface area (Å²) < 4.78 is 46.4. The van der Waals surface area contributed by atoms with Crippen LogP contribution in [0.1, 0.15) is 93.5 Å². The Morgan fingerprint density at radius 3 is 0.793 bits per heavy atom. The molecule has 3 aliphatic heterocycles. The molecule has 0 bridgehead atoms. The van der Waals surface area contributed by atoms with Crippen molar-refractivity contribution in [1.82, 2.24) is 69.3 Å². The number of carbonyl (C=O) groups is 2. The summed E-state index contributed by atoms with van der Waals surface area (Å²) in [4.78, 5) is 32.9. The predicted molar refractivity (Wildman–Crippen MR) is 451 cm³/mol. The molecule has 30 heteroatoms. The number of aromatic nitrogens is 12. The summed E-state index contributed by atoms with van der Waals surface area (Å²) in [5.74, 6) is 6.96. The summed E-state index contributed by atoms with van der Waals surface area (Å²) in [5.41, 5.74) is 7.05. The molecular formula is C86H86N18O8S4. The fourth-order valence-electron chi connectivity index (χ4n) is 12.9.